The molecule has 0 unspecified atom stereocenters. The number of nitrogens with one attached hydrogen (secondary N) is 1. The van der Waals surface area contributed by atoms with Gasteiger partial charge in [-0.3, -0.25) is 4.98 Å². The lowest BCUT2D eigenvalue weighted by Gasteiger charge is -2.03. The highest BCUT2D eigenvalue weighted by molar-refractivity contribution is 5.30. The summed E-state index contributed by atoms with van der Waals surface area (Å²) in [6.45, 7) is 3.59. The van der Waals surface area contributed by atoms with Crippen molar-refractivity contribution < 1.29 is 0 Å². The summed E-state index contributed by atoms with van der Waals surface area (Å²) in [6.07, 6.45) is 8.94. The second kappa shape index (κ2) is 4.54. The molecule has 0 spiro atoms. The Morgan fingerprint density at radius 2 is 2.27 bits per heavy atom. The Hall–Kier alpha value is -1.91. The number of imidazole rings is 1. The third-order valence-electron chi connectivity index (χ3n) is 1.97. The van der Waals surface area contributed by atoms with Crippen molar-refractivity contribution in [1.29, 1.82) is 0 Å². The molecule has 5 heteroatoms. The van der Waals surface area contributed by atoms with Gasteiger partial charge >= 0.3 is 0 Å². The van der Waals surface area contributed by atoms with Crippen molar-refractivity contribution in [2.45, 2.75) is 13.5 Å². The van der Waals surface area contributed by atoms with Gasteiger partial charge in [-0.2, -0.15) is 0 Å². The van der Waals surface area contributed by atoms with Gasteiger partial charge in [0.2, 0.25) is 0 Å². The van der Waals surface area contributed by atoms with Crippen LogP contribution in [-0.2, 0) is 6.54 Å². The Bertz CT molecular complexity index is 392. The molecular weight excluding hydrogens is 190 g/mol. The van der Waals surface area contributed by atoms with Crippen molar-refractivity contribution in [3.8, 4) is 0 Å². The Morgan fingerprint density at radius 3 is 2.87 bits per heavy atom. The first kappa shape index (κ1) is 9.64. The van der Waals surface area contributed by atoms with Gasteiger partial charge < -0.3 is 9.88 Å². The third-order valence-corrected chi connectivity index (χ3v) is 1.97. The first-order valence-electron chi connectivity index (χ1n) is 4.89. The highest BCUT2D eigenvalue weighted by Crippen LogP contribution is 2.02. The van der Waals surface area contributed by atoms with Crippen LogP contribution in [0.5, 0.6) is 0 Å². The Balaban J connectivity index is 2.04. The highest BCUT2D eigenvalue weighted by Gasteiger charge is 1.97. The highest BCUT2D eigenvalue weighted by atomic mass is 15.0. The molecule has 0 atom stereocenters. The van der Waals surface area contributed by atoms with Gasteiger partial charge in [-0.15, -0.1) is 0 Å². The van der Waals surface area contributed by atoms with Crippen LogP contribution in [0.15, 0.2) is 31.1 Å². The molecule has 0 amide bonds. The summed E-state index contributed by atoms with van der Waals surface area (Å²) in [5, 5.41) is 3.10. The van der Waals surface area contributed by atoms with Crippen LogP contribution in [0.1, 0.15) is 12.6 Å². The smallest absolute Gasteiger partial charge is 0.144 e. The van der Waals surface area contributed by atoms with Gasteiger partial charge in [0.1, 0.15) is 5.82 Å². The van der Waals surface area contributed by atoms with Crippen molar-refractivity contribution in [2.24, 2.45) is 0 Å². The molecule has 78 valence electrons. The molecule has 0 saturated carbocycles. The van der Waals surface area contributed by atoms with Crippen molar-refractivity contribution in [3.63, 3.8) is 0 Å². The molecule has 0 radical (unpaired) electrons. The molecule has 0 fully saturated rings. The number of anilines is 1. The second-order valence-electron chi connectivity index (χ2n) is 3.16. The molecule has 0 bridgehead atoms. The molecule has 2 aromatic heterocycles. The number of aromatic nitrogens is 4. The van der Waals surface area contributed by atoms with E-state index in [1.807, 2.05) is 17.7 Å². The Labute approximate surface area is 88.2 Å². The number of nitrogens with zero attached hydrogens (tertiary/aromatic N) is 4. The molecular formula is C10H13N5. The summed E-state index contributed by atoms with van der Waals surface area (Å²) in [4.78, 5) is 12.5. The van der Waals surface area contributed by atoms with E-state index >= 15 is 0 Å². The molecule has 2 rings (SSSR count). The minimum absolute atomic E-state index is 0.708. The van der Waals surface area contributed by atoms with Crippen LogP contribution in [0.25, 0.3) is 0 Å². The Kier molecular flexibility index (Phi) is 2.92. The monoisotopic (exact) mass is 203 g/mol. The first-order valence-corrected chi connectivity index (χ1v) is 4.89. The first-order chi connectivity index (χ1) is 7.38. The van der Waals surface area contributed by atoms with E-state index in [0.717, 1.165) is 18.1 Å². The molecule has 2 heterocycles. The lowest BCUT2D eigenvalue weighted by atomic mass is 10.4. The van der Waals surface area contributed by atoms with Gasteiger partial charge in [-0.25, -0.2) is 9.97 Å². The molecule has 0 aromatic carbocycles. The van der Waals surface area contributed by atoms with Crippen molar-refractivity contribution in [3.05, 3.63) is 36.8 Å². The van der Waals surface area contributed by atoms with Crippen LogP contribution in [0.2, 0.25) is 0 Å². The SMILES string of the molecule is CCNc1cnc(Cn2ccnc2)cn1. The summed E-state index contributed by atoms with van der Waals surface area (Å²) in [7, 11) is 0. The van der Waals surface area contributed by atoms with Gasteiger partial charge in [0, 0.05) is 18.9 Å². The average molecular weight is 203 g/mol. The van der Waals surface area contributed by atoms with Gasteiger partial charge in [-0.1, -0.05) is 0 Å². The zero-order valence-corrected chi connectivity index (χ0v) is 8.59. The van der Waals surface area contributed by atoms with Crippen LogP contribution in [0.3, 0.4) is 0 Å². The molecule has 15 heavy (non-hydrogen) atoms. The van der Waals surface area contributed by atoms with Crippen molar-refractivity contribution in [1.82, 2.24) is 19.5 Å². The summed E-state index contributed by atoms with van der Waals surface area (Å²) in [6, 6.07) is 0. The van der Waals surface area contributed by atoms with Crippen molar-refractivity contribution in [2.75, 3.05) is 11.9 Å². The largest absolute Gasteiger partial charge is 0.369 e. The van der Waals surface area contributed by atoms with E-state index < -0.39 is 0 Å². The van der Waals surface area contributed by atoms with Gasteiger partial charge in [-0.05, 0) is 6.92 Å². The predicted octanol–water partition coefficient (Wildman–Crippen LogP) is 1.15. The van der Waals surface area contributed by atoms with Gasteiger partial charge in [0.25, 0.3) is 0 Å². The molecule has 1 N–H and O–H groups in total. The van der Waals surface area contributed by atoms with E-state index in [2.05, 4.69) is 20.3 Å². The number of rotatable bonds is 4. The summed E-state index contributed by atoms with van der Waals surface area (Å²) < 4.78 is 1.96. The van der Waals surface area contributed by atoms with E-state index in [4.69, 9.17) is 0 Å². The van der Waals surface area contributed by atoms with Crippen molar-refractivity contribution >= 4 is 5.82 Å². The van der Waals surface area contributed by atoms with Crippen LogP contribution in [-0.4, -0.2) is 26.1 Å². The molecule has 0 saturated heterocycles. The maximum Gasteiger partial charge on any atom is 0.144 e. The third kappa shape index (κ3) is 2.52. The fraction of sp³-hybridized carbons (Fsp3) is 0.300. The second-order valence-corrected chi connectivity index (χ2v) is 3.16. The zero-order chi connectivity index (χ0) is 10.5. The van der Waals surface area contributed by atoms with E-state index in [1.54, 1.807) is 24.9 Å². The Morgan fingerprint density at radius 1 is 1.33 bits per heavy atom. The summed E-state index contributed by atoms with van der Waals surface area (Å²) >= 11 is 0. The van der Waals surface area contributed by atoms with Crippen LogP contribution in [0, 0.1) is 0 Å². The van der Waals surface area contributed by atoms with Crippen LogP contribution in [0.4, 0.5) is 5.82 Å². The van der Waals surface area contributed by atoms with Crippen LogP contribution >= 0.6 is 0 Å². The standard InChI is InChI=1S/C10H13N5/c1-2-12-10-6-13-9(5-14-10)7-15-4-3-11-8-15/h3-6,8H,2,7H2,1H3,(H,12,14). The van der Waals surface area contributed by atoms with Gasteiger partial charge in [0.15, 0.2) is 0 Å². The van der Waals surface area contributed by atoms with E-state index in [9.17, 15) is 0 Å². The lowest BCUT2D eigenvalue weighted by Crippen LogP contribution is -2.03. The maximum atomic E-state index is 4.30. The topological polar surface area (TPSA) is 55.6 Å². The minimum Gasteiger partial charge on any atom is -0.369 e. The predicted molar refractivity (Wildman–Crippen MR) is 57.5 cm³/mol. The quantitative estimate of drug-likeness (QED) is 0.810. The normalized spacial score (nSPS) is 10.2. The number of hydrogen-bond donors (Lipinski definition) is 1. The minimum atomic E-state index is 0.708. The fourth-order valence-electron chi connectivity index (χ4n) is 1.28. The summed E-state index contributed by atoms with van der Waals surface area (Å²) in [5.41, 5.74) is 0.926. The average Bonchev–Trinajstić information content (AvgIpc) is 2.74. The van der Waals surface area contributed by atoms with E-state index in [0.29, 0.717) is 6.54 Å². The molecule has 5 nitrogen and oxygen atoms in total. The lowest BCUT2D eigenvalue weighted by molar-refractivity contribution is 0.767. The molecule has 0 aliphatic heterocycles. The zero-order valence-electron chi connectivity index (χ0n) is 8.59. The summed E-state index contributed by atoms with van der Waals surface area (Å²) in [5.74, 6) is 0.812. The fourth-order valence-corrected chi connectivity index (χ4v) is 1.28. The van der Waals surface area contributed by atoms with E-state index in [1.165, 1.54) is 0 Å². The van der Waals surface area contributed by atoms with E-state index in [-0.39, 0.29) is 0 Å². The van der Waals surface area contributed by atoms with Gasteiger partial charge in [0.05, 0.1) is 31.0 Å². The molecule has 2 aromatic rings. The molecule has 0 aliphatic carbocycles. The van der Waals surface area contributed by atoms with Crippen LogP contribution < -0.4 is 5.32 Å². The molecule has 0 aliphatic rings. The maximum absolute atomic E-state index is 4.30. The number of hydrogen-bond acceptors (Lipinski definition) is 4.